The highest BCUT2D eigenvalue weighted by Crippen LogP contribution is 2.17. The van der Waals surface area contributed by atoms with E-state index in [4.69, 9.17) is 5.11 Å². The number of carbonyl (C=O) groups excluding carboxylic acids is 1. The van der Waals surface area contributed by atoms with E-state index in [1.165, 1.54) is 12.4 Å². The first-order valence-corrected chi connectivity index (χ1v) is 6.07. The lowest BCUT2D eigenvalue weighted by Crippen LogP contribution is -2.37. The number of aromatic carboxylic acids is 1. The fraction of sp³-hybridized carbons (Fsp3) is 0.462. The number of carboxylic acids is 1. The minimum atomic E-state index is -1.06. The first-order chi connectivity index (χ1) is 8.91. The Labute approximate surface area is 112 Å². The zero-order valence-corrected chi connectivity index (χ0v) is 11.4. The van der Waals surface area contributed by atoms with Crippen molar-refractivity contribution < 1.29 is 14.7 Å². The SMILES string of the molecule is CC(C)CNC(=O)CN(C)c1ccncc1C(=O)O. The first-order valence-electron chi connectivity index (χ1n) is 6.07. The molecule has 1 heterocycles. The molecule has 0 bridgehead atoms. The van der Waals surface area contributed by atoms with Crippen molar-refractivity contribution >= 4 is 17.6 Å². The monoisotopic (exact) mass is 265 g/mol. The summed E-state index contributed by atoms with van der Waals surface area (Å²) in [4.78, 5) is 28.1. The summed E-state index contributed by atoms with van der Waals surface area (Å²) in [5.41, 5.74) is 0.559. The smallest absolute Gasteiger partial charge is 0.339 e. The molecule has 0 aliphatic rings. The van der Waals surface area contributed by atoms with Gasteiger partial charge in [0.05, 0.1) is 12.2 Å². The number of aromatic nitrogens is 1. The molecule has 19 heavy (non-hydrogen) atoms. The van der Waals surface area contributed by atoms with Gasteiger partial charge in [0.25, 0.3) is 0 Å². The van der Waals surface area contributed by atoms with Gasteiger partial charge in [0.15, 0.2) is 0 Å². The molecule has 0 unspecified atom stereocenters. The second-order valence-corrected chi connectivity index (χ2v) is 4.75. The maximum atomic E-state index is 11.7. The van der Waals surface area contributed by atoms with Crippen LogP contribution in [-0.2, 0) is 4.79 Å². The highest BCUT2D eigenvalue weighted by atomic mass is 16.4. The molecule has 0 aliphatic carbocycles. The fourth-order valence-corrected chi connectivity index (χ4v) is 1.56. The Hall–Kier alpha value is -2.11. The van der Waals surface area contributed by atoms with Gasteiger partial charge in [-0.05, 0) is 12.0 Å². The first kappa shape index (κ1) is 14.9. The van der Waals surface area contributed by atoms with E-state index in [0.29, 0.717) is 18.2 Å². The summed E-state index contributed by atoms with van der Waals surface area (Å²) in [7, 11) is 1.68. The lowest BCUT2D eigenvalue weighted by molar-refractivity contribution is -0.119. The zero-order chi connectivity index (χ0) is 14.4. The van der Waals surface area contributed by atoms with Crippen molar-refractivity contribution in [3.63, 3.8) is 0 Å². The van der Waals surface area contributed by atoms with Gasteiger partial charge in [0.1, 0.15) is 5.56 Å². The number of rotatable bonds is 6. The van der Waals surface area contributed by atoms with Gasteiger partial charge in [-0.3, -0.25) is 9.78 Å². The van der Waals surface area contributed by atoms with Crippen LogP contribution in [0.4, 0.5) is 5.69 Å². The number of amides is 1. The number of pyridine rings is 1. The summed E-state index contributed by atoms with van der Waals surface area (Å²) in [6.45, 7) is 4.73. The van der Waals surface area contributed by atoms with E-state index in [1.54, 1.807) is 18.0 Å². The summed E-state index contributed by atoms with van der Waals surface area (Å²) < 4.78 is 0. The standard InChI is InChI=1S/C13H19N3O3/c1-9(2)6-15-12(17)8-16(3)11-4-5-14-7-10(11)13(18)19/h4-5,7,9H,6,8H2,1-3H3,(H,15,17)(H,18,19). The van der Waals surface area contributed by atoms with Crippen molar-refractivity contribution in [1.29, 1.82) is 0 Å². The minimum Gasteiger partial charge on any atom is -0.478 e. The summed E-state index contributed by atoms with van der Waals surface area (Å²) in [6.07, 6.45) is 2.78. The van der Waals surface area contributed by atoms with Crippen molar-refractivity contribution in [1.82, 2.24) is 10.3 Å². The number of anilines is 1. The summed E-state index contributed by atoms with van der Waals surface area (Å²) in [6, 6.07) is 1.58. The molecule has 1 aromatic heterocycles. The number of carbonyl (C=O) groups is 2. The highest BCUT2D eigenvalue weighted by molar-refractivity contribution is 5.94. The maximum absolute atomic E-state index is 11.7. The average Bonchev–Trinajstić information content (AvgIpc) is 2.36. The Balaban J connectivity index is 2.70. The topological polar surface area (TPSA) is 82.5 Å². The second-order valence-electron chi connectivity index (χ2n) is 4.75. The second kappa shape index (κ2) is 6.72. The summed E-state index contributed by atoms with van der Waals surface area (Å²) in [5.74, 6) is -0.813. The quantitative estimate of drug-likeness (QED) is 0.801. The van der Waals surface area contributed by atoms with Gasteiger partial charge in [-0.1, -0.05) is 13.8 Å². The van der Waals surface area contributed by atoms with Crippen LogP contribution in [0.1, 0.15) is 24.2 Å². The van der Waals surface area contributed by atoms with Crippen molar-refractivity contribution in [3.05, 3.63) is 24.0 Å². The average molecular weight is 265 g/mol. The van der Waals surface area contributed by atoms with Gasteiger partial charge in [0, 0.05) is 26.0 Å². The Kier molecular flexibility index (Phi) is 5.29. The molecule has 0 aliphatic heterocycles. The van der Waals surface area contributed by atoms with Crippen LogP contribution in [0, 0.1) is 5.92 Å². The maximum Gasteiger partial charge on any atom is 0.339 e. The van der Waals surface area contributed by atoms with Gasteiger partial charge in [0.2, 0.25) is 5.91 Å². The van der Waals surface area contributed by atoms with E-state index in [2.05, 4.69) is 10.3 Å². The number of likely N-dealkylation sites (N-methyl/N-ethyl adjacent to an activating group) is 1. The van der Waals surface area contributed by atoms with E-state index in [9.17, 15) is 9.59 Å². The highest BCUT2D eigenvalue weighted by Gasteiger charge is 2.15. The van der Waals surface area contributed by atoms with E-state index >= 15 is 0 Å². The lowest BCUT2D eigenvalue weighted by Gasteiger charge is -2.20. The van der Waals surface area contributed by atoms with Crippen LogP contribution in [0.15, 0.2) is 18.5 Å². The Morgan fingerprint density at radius 1 is 1.47 bits per heavy atom. The van der Waals surface area contributed by atoms with E-state index in [0.717, 1.165) is 0 Å². The number of hydrogen-bond acceptors (Lipinski definition) is 4. The van der Waals surface area contributed by atoms with Crippen LogP contribution in [0.5, 0.6) is 0 Å². The van der Waals surface area contributed by atoms with Gasteiger partial charge in [-0.2, -0.15) is 0 Å². The lowest BCUT2D eigenvalue weighted by atomic mass is 10.2. The van der Waals surface area contributed by atoms with Crippen molar-refractivity contribution in [3.8, 4) is 0 Å². The number of nitrogens with zero attached hydrogens (tertiary/aromatic N) is 2. The van der Waals surface area contributed by atoms with E-state index < -0.39 is 5.97 Å². The summed E-state index contributed by atoms with van der Waals surface area (Å²) in [5, 5.41) is 11.8. The van der Waals surface area contributed by atoms with Gasteiger partial charge in [-0.15, -0.1) is 0 Å². The molecule has 0 saturated carbocycles. The Morgan fingerprint density at radius 3 is 2.74 bits per heavy atom. The summed E-state index contributed by atoms with van der Waals surface area (Å²) >= 11 is 0. The molecular weight excluding hydrogens is 246 g/mol. The van der Waals surface area contributed by atoms with Crippen LogP contribution in [0.2, 0.25) is 0 Å². The molecule has 0 atom stereocenters. The molecule has 2 N–H and O–H groups in total. The molecule has 6 heteroatoms. The van der Waals surface area contributed by atoms with Crippen LogP contribution < -0.4 is 10.2 Å². The van der Waals surface area contributed by atoms with Crippen LogP contribution in [0.25, 0.3) is 0 Å². The van der Waals surface area contributed by atoms with Gasteiger partial charge >= 0.3 is 5.97 Å². The molecule has 0 saturated heterocycles. The predicted octanol–water partition coefficient (Wildman–Crippen LogP) is 0.988. The molecule has 0 fully saturated rings. The molecular formula is C13H19N3O3. The van der Waals surface area contributed by atoms with E-state index in [-0.39, 0.29) is 18.0 Å². The third-order valence-corrected chi connectivity index (χ3v) is 2.53. The largest absolute Gasteiger partial charge is 0.478 e. The molecule has 1 amide bonds. The van der Waals surface area contributed by atoms with Crippen LogP contribution in [0.3, 0.4) is 0 Å². The Morgan fingerprint density at radius 2 is 2.16 bits per heavy atom. The number of carboxylic acid groups (broad SMARTS) is 1. The molecule has 1 rings (SSSR count). The molecule has 0 radical (unpaired) electrons. The number of hydrogen-bond donors (Lipinski definition) is 2. The molecule has 1 aromatic rings. The predicted molar refractivity (Wildman–Crippen MR) is 72.3 cm³/mol. The van der Waals surface area contributed by atoms with E-state index in [1.807, 2.05) is 13.8 Å². The van der Waals surface area contributed by atoms with Crippen molar-refractivity contribution in [2.45, 2.75) is 13.8 Å². The minimum absolute atomic E-state index is 0.0849. The van der Waals surface area contributed by atoms with Gasteiger partial charge in [-0.25, -0.2) is 4.79 Å². The third kappa shape index (κ3) is 4.57. The molecule has 104 valence electrons. The molecule has 6 nitrogen and oxygen atoms in total. The van der Waals surface area contributed by atoms with Gasteiger partial charge < -0.3 is 15.3 Å². The van der Waals surface area contributed by atoms with Crippen LogP contribution >= 0.6 is 0 Å². The fourth-order valence-electron chi connectivity index (χ4n) is 1.56. The number of nitrogens with one attached hydrogen (secondary N) is 1. The molecule has 0 aromatic carbocycles. The van der Waals surface area contributed by atoms with Crippen molar-refractivity contribution in [2.75, 3.05) is 25.0 Å². The van der Waals surface area contributed by atoms with Crippen molar-refractivity contribution in [2.24, 2.45) is 5.92 Å². The van der Waals surface area contributed by atoms with Crippen LogP contribution in [-0.4, -0.2) is 42.1 Å². The molecule has 0 spiro atoms. The Bertz CT molecular complexity index is 460. The normalized spacial score (nSPS) is 10.3. The zero-order valence-electron chi connectivity index (χ0n) is 11.4. The third-order valence-electron chi connectivity index (χ3n) is 2.53.